The summed E-state index contributed by atoms with van der Waals surface area (Å²) in [6.07, 6.45) is 1.55. The second kappa shape index (κ2) is 5.45. The Kier molecular flexibility index (Phi) is 3.72. The monoisotopic (exact) mass is 259 g/mol. The largest absolute Gasteiger partial charge is 0.431 e. The lowest BCUT2D eigenvalue weighted by molar-refractivity contribution is -0.385. The molecule has 2 N–H and O–H groups in total. The van der Waals surface area contributed by atoms with Crippen LogP contribution in [0.15, 0.2) is 36.5 Å². The Morgan fingerprint density at radius 2 is 2.21 bits per heavy atom. The van der Waals surface area contributed by atoms with E-state index in [0.29, 0.717) is 5.56 Å². The molecule has 0 saturated carbocycles. The van der Waals surface area contributed by atoms with Gasteiger partial charge in [0.15, 0.2) is 0 Å². The normalized spacial score (nSPS) is 10.2. The number of ether oxygens (including phenoxy) is 1. The van der Waals surface area contributed by atoms with Gasteiger partial charge in [0.25, 0.3) is 0 Å². The van der Waals surface area contributed by atoms with Crippen LogP contribution < -0.4 is 10.5 Å². The third-order valence-electron chi connectivity index (χ3n) is 2.59. The number of nitro benzene ring substituents is 1. The zero-order chi connectivity index (χ0) is 13.8. The molecule has 0 radical (unpaired) electrons. The Morgan fingerprint density at radius 1 is 1.42 bits per heavy atom. The molecular weight excluding hydrogens is 246 g/mol. The number of aromatic nitrogens is 1. The Morgan fingerprint density at radius 3 is 2.89 bits per heavy atom. The highest BCUT2D eigenvalue weighted by atomic mass is 16.6. The lowest BCUT2D eigenvalue weighted by atomic mass is 10.2. The summed E-state index contributed by atoms with van der Waals surface area (Å²) in [5, 5.41) is 11.0. The third-order valence-corrected chi connectivity index (χ3v) is 2.59. The Hall–Kier alpha value is -2.47. The summed E-state index contributed by atoms with van der Waals surface area (Å²) < 4.78 is 5.52. The molecule has 1 heterocycles. The van der Waals surface area contributed by atoms with Crippen molar-refractivity contribution < 1.29 is 9.66 Å². The minimum absolute atomic E-state index is 0.0892. The maximum Gasteiger partial charge on any atom is 0.311 e. The van der Waals surface area contributed by atoms with Gasteiger partial charge >= 0.3 is 5.69 Å². The minimum atomic E-state index is -0.479. The van der Waals surface area contributed by atoms with Crippen LogP contribution in [0.4, 0.5) is 5.69 Å². The van der Waals surface area contributed by atoms with Gasteiger partial charge in [0, 0.05) is 24.4 Å². The van der Waals surface area contributed by atoms with Crippen molar-refractivity contribution >= 4 is 5.69 Å². The number of benzene rings is 1. The minimum Gasteiger partial charge on any atom is -0.431 e. The van der Waals surface area contributed by atoms with E-state index in [1.807, 2.05) is 0 Å². The standard InChI is InChI=1S/C13H13N3O3/c1-9-4-5-12(11(7-9)16(17)18)19-13-10(8-14)3-2-6-15-13/h2-7H,8,14H2,1H3. The van der Waals surface area contributed by atoms with E-state index in [4.69, 9.17) is 10.5 Å². The third kappa shape index (κ3) is 2.86. The Balaban J connectivity index is 2.41. The lowest BCUT2D eigenvalue weighted by Crippen LogP contribution is -2.02. The summed E-state index contributed by atoms with van der Waals surface area (Å²) in [7, 11) is 0. The van der Waals surface area contributed by atoms with Gasteiger partial charge in [-0.25, -0.2) is 4.98 Å². The Bertz CT molecular complexity index is 614. The van der Waals surface area contributed by atoms with Gasteiger partial charge in [-0.05, 0) is 24.6 Å². The average Bonchev–Trinajstić information content (AvgIpc) is 2.41. The van der Waals surface area contributed by atoms with Crippen LogP contribution in [-0.4, -0.2) is 9.91 Å². The molecule has 6 heteroatoms. The average molecular weight is 259 g/mol. The van der Waals surface area contributed by atoms with Gasteiger partial charge < -0.3 is 10.5 Å². The molecule has 0 aliphatic heterocycles. The van der Waals surface area contributed by atoms with E-state index in [9.17, 15) is 10.1 Å². The first-order valence-corrected chi connectivity index (χ1v) is 5.68. The highest BCUT2D eigenvalue weighted by molar-refractivity contribution is 5.50. The molecule has 0 saturated heterocycles. The maximum atomic E-state index is 11.0. The van der Waals surface area contributed by atoms with Crippen LogP contribution >= 0.6 is 0 Å². The summed E-state index contributed by atoms with van der Waals surface area (Å²) in [4.78, 5) is 14.6. The lowest BCUT2D eigenvalue weighted by Gasteiger charge is -2.09. The van der Waals surface area contributed by atoms with E-state index >= 15 is 0 Å². The van der Waals surface area contributed by atoms with Crippen molar-refractivity contribution in [2.75, 3.05) is 0 Å². The fourth-order valence-electron chi connectivity index (χ4n) is 1.63. The highest BCUT2D eigenvalue weighted by Crippen LogP contribution is 2.32. The molecular formula is C13H13N3O3. The number of pyridine rings is 1. The molecule has 19 heavy (non-hydrogen) atoms. The molecule has 0 unspecified atom stereocenters. The summed E-state index contributed by atoms with van der Waals surface area (Å²) >= 11 is 0. The summed E-state index contributed by atoms with van der Waals surface area (Å²) in [6.45, 7) is 2.03. The first-order chi connectivity index (χ1) is 9.11. The van der Waals surface area contributed by atoms with Crippen molar-refractivity contribution in [3.8, 4) is 11.6 Å². The van der Waals surface area contributed by atoms with E-state index in [1.54, 1.807) is 37.4 Å². The fraction of sp³-hybridized carbons (Fsp3) is 0.154. The van der Waals surface area contributed by atoms with Gasteiger partial charge in [0.05, 0.1) is 4.92 Å². The molecule has 0 atom stereocenters. The van der Waals surface area contributed by atoms with Gasteiger partial charge in [-0.1, -0.05) is 12.1 Å². The number of aryl methyl sites for hydroxylation is 1. The van der Waals surface area contributed by atoms with Crippen molar-refractivity contribution in [1.29, 1.82) is 0 Å². The van der Waals surface area contributed by atoms with Crippen LogP contribution in [0.2, 0.25) is 0 Å². The molecule has 0 aliphatic rings. The zero-order valence-corrected chi connectivity index (χ0v) is 10.4. The van der Waals surface area contributed by atoms with E-state index < -0.39 is 4.92 Å². The number of hydrogen-bond donors (Lipinski definition) is 1. The molecule has 98 valence electrons. The molecule has 0 fully saturated rings. The molecule has 2 rings (SSSR count). The van der Waals surface area contributed by atoms with Gasteiger partial charge in [-0.15, -0.1) is 0 Å². The molecule has 0 amide bonds. The molecule has 2 aromatic rings. The van der Waals surface area contributed by atoms with Crippen molar-refractivity contribution in [2.24, 2.45) is 5.73 Å². The molecule has 6 nitrogen and oxygen atoms in total. The maximum absolute atomic E-state index is 11.0. The number of nitrogens with two attached hydrogens (primary N) is 1. The van der Waals surface area contributed by atoms with Gasteiger partial charge in [0.1, 0.15) is 0 Å². The van der Waals surface area contributed by atoms with E-state index in [1.165, 1.54) is 6.07 Å². The van der Waals surface area contributed by atoms with Crippen molar-refractivity contribution in [2.45, 2.75) is 13.5 Å². The predicted molar refractivity (Wildman–Crippen MR) is 70.0 cm³/mol. The van der Waals surface area contributed by atoms with Crippen LogP contribution in [0.5, 0.6) is 11.6 Å². The zero-order valence-electron chi connectivity index (χ0n) is 10.4. The van der Waals surface area contributed by atoms with Crippen molar-refractivity contribution in [3.63, 3.8) is 0 Å². The second-order valence-corrected chi connectivity index (χ2v) is 4.00. The van der Waals surface area contributed by atoms with E-state index in [2.05, 4.69) is 4.98 Å². The molecule has 1 aromatic carbocycles. The molecule has 0 spiro atoms. The fourth-order valence-corrected chi connectivity index (χ4v) is 1.63. The first-order valence-electron chi connectivity index (χ1n) is 5.68. The smallest absolute Gasteiger partial charge is 0.311 e. The van der Waals surface area contributed by atoms with Gasteiger partial charge in [-0.2, -0.15) is 0 Å². The summed E-state index contributed by atoms with van der Waals surface area (Å²) in [6, 6.07) is 8.26. The van der Waals surface area contributed by atoms with Gasteiger partial charge in [-0.3, -0.25) is 10.1 Å². The second-order valence-electron chi connectivity index (χ2n) is 4.00. The molecule has 0 aliphatic carbocycles. The topological polar surface area (TPSA) is 91.3 Å². The van der Waals surface area contributed by atoms with Crippen molar-refractivity contribution in [1.82, 2.24) is 4.98 Å². The van der Waals surface area contributed by atoms with Crippen molar-refractivity contribution in [3.05, 3.63) is 57.8 Å². The summed E-state index contributed by atoms with van der Waals surface area (Å²) in [5.41, 5.74) is 6.97. The van der Waals surface area contributed by atoms with E-state index in [-0.39, 0.29) is 23.9 Å². The van der Waals surface area contributed by atoms with Crippen LogP contribution in [0.25, 0.3) is 0 Å². The number of rotatable bonds is 4. The van der Waals surface area contributed by atoms with Crippen LogP contribution in [-0.2, 0) is 6.54 Å². The number of hydrogen-bond acceptors (Lipinski definition) is 5. The van der Waals surface area contributed by atoms with Gasteiger partial charge in [0.2, 0.25) is 11.6 Å². The first kappa shape index (κ1) is 13.0. The van der Waals surface area contributed by atoms with Crippen LogP contribution in [0.1, 0.15) is 11.1 Å². The SMILES string of the molecule is Cc1ccc(Oc2ncccc2CN)c([N+](=O)[O-])c1. The van der Waals surface area contributed by atoms with E-state index in [0.717, 1.165) is 5.56 Å². The highest BCUT2D eigenvalue weighted by Gasteiger charge is 2.17. The summed E-state index contributed by atoms with van der Waals surface area (Å²) in [5.74, 6) is 0.445. The number of nitro groups is 1. The predicted octanol–water partition coefficient (Wildman–Crippen LogP) is 2.55. The Labute approximate surface area is 110 Å². The molecule has 1 aromatic heterocycles. The quantitative estimate of drug-likeness (QED) is 0.673. The number of nitrogens with zero attached hydrogens (tertiary/aromatic N) is 2. The molecule has 0 bridgehead atoms. The van der Waals surface area contributed by atoms with Crippen LogP contribution in [0.3, 0.4) is 0 Å². The van der Waals surface area contributed by atoms with Crippen LogP contribution in [0, 0.1) is 17.0 Å².